The van der Waals surface area contributed by atoms with Crippen molar-refractivity contribution in [3.8, 4) is 122 Å². The van der Waals surface area contributed by atoms with Crippen molar-refractivity contribution in [1.82, 2.24) is 0 Å². The Morgan fingerprint density at radius 3 is 0.638 bits per heavy atom. The highest BCUT2D eigenvalue weighted by Crippen LogP contribution is 2.54. The summed E-state index contributed by atoms with van der Waals surface area (Å²) < 4.78 is 0. The van der Waals surface area contributed by atoms with E-state index in [1.54, 1.807) is 0 Å². The second kappa shape index (κ2) is 34.8. The number of aryl methyl sites for hydroxylation is 1. The zero-order chi connectivity index (χ0) is 87.5. The summed E-state index contributed by atoms with van der Waals surface area (Å²) in [5, 5.41) is 25.5. The molecule has 0 aliphatic carbocycles. The third kappa shape index (κ3) is 14.8. The fraction of sp³-hybridized carbons (Fsp3) is 0.00800. The Bertz CT molecular complexity index is 8460. The fourth-order valence-corrected chi connectivity index (χ4v) is 21.2. The number of halogens is 5. The van der Waals surface area contributed by atoms with Crippen molar-refractivity contribution in [2.45, 2.75) is 6.92 Å². The van der Waals surface area contributed by atoms with Crippen LogP contribution in [0.25, 0.3) is 230 Å². The van der Waals surface area contributed by atoms with Crippen molar-refractivity contribution in [2.24, 2.45) is 0 Å². The van der Waals surface area contributed by atoms with E-state index >= 15 is 0 Å². The molecule has 0 amide bonds. The van der Waals surface area contributed by atoms with Crippen molar-refractivity contribution in [1.29, 1.82) is 0 Å². The van der Waals surface area contributed by atoms with E-state index < -0.39 is 0 Å². The summed E-state index contributed by atoms with van der Waals surface area (Å²) in [6.45, 7) is 2.13. The molecule has 0 spiro atoms. The van der Waals surface area contributed by atoms with Gasteiger partial charge >= 0.3 is 0 Å². The van der Waals surface area contributed by atoms with Gasteiger partial charge in [-0.25, -0.2) is 0 Å². The molecule has 130 heavy (non-hydrogen) atoms. The predicted octanol–water partition coefficient (Wildman–Crippen LogP) is 38.5. The van der Waals surface area contributed by atoms with Gasteiger partial charge in [0.15, 0.2) is 0 Å². The summed E-state index contributed by atoms with van der Waals surface area (Å²) in [5.41, 5.74) is 27.2. The zero-order valence-corrected chi connectivity index (χ0v) is 74.5. The van der Waals surface area contributed by atoms with E-state index in [9.17, 15) is 0 Å². The lowest BCUT2D eigenvalue weighted by Crippen LogP contribution is -1.93. The SMILES string of the molecule is Cc1ccc(-c2ccc3c(-c4ccccc4)c4ccccc4c(-c4ccccc4)c3c2)cc1.Clc1c(Cl)c(Cl)c(-c2ccc3c(-c4ccc5ccccc5c4)c4ccccc4c(-c4ccc5ccccc5c4)c3c2)c(Cl)c1Cl.c1ccc(-c2ccc(-c3c4ccccc4c(-c4ccc5c(-c6ccccc6)c6ccccc6c(-c6ccccc6)c5c4)c4ccccc34)cc2)cc1. The van der Waals surface area contributed by atoms with Crippen molar-refractivity contribution in [3.05, 3.63) is 492 Å². The minimum Gasteiger partial charge on any atom is -0.0819 e. The first-order chi connectivity index (χ1) is 64.0. The molecular formula is C125H79Cl5. The Balaban J connectivity index is 0.000000117. The number of fused-ring (bicyclic) bond motifs is 10. The highest BCUT2D eigenvalue weighted by atomic mass is 35.5. The van der Waals surface area contributed by atoms with Crippen molar-refractivity contribution < 1.29 is 0 Å². The highest BCUT2D eigenvalue weighted by molar-refractivity contribution is 6.56. The van der Waals surface area contributed by atoms with Gasteiger partial charge in [-0.2, -0.15) is 0 Å². The van der Waals surface area contributed by atoms with Crippen molar-refractivity contribution in [2.75, 3.05) is 0 Å². The monoisotopic (exact) mass is 1750 g/mol. The van der Waals surface area contributed by atoms with Crippen LogP contribution in [0.1, 0.15) is 5.56 Å². The molecule has 24 rings (SSSR count). The van der Waals surface area contributed by atoms with Gasteiger partial charge in [0.25, 0.3) is 0 Å². The molecule has 24 aromatic carbocycles. The fourth-order valence-electron chi connectivity index (χ4n) is 19.8. The van der Waals surface area contributed by atoms with E-state index in [0.717, 1.165) is 44.0 Å². The normalized spacial score (nSPS) is 11.5. The molecule has 0 unspecified atom stereocenters. The number of hydrogen-bond acceptors (Lipinski definition) is 0. The van der Waals surface area contributed by atoms with Crippen LogP contribution in [0.2, 0.25) is 25.1 Å². The maximum absolute atomic E-state index is 6.80. The molecular weight excluding hydrogens is 1680 g/mol. The molecule has 5 heteroatoms. The summed E-state index contributed by atoms with van der Waals surface area (Å²) in [5.74, 6) is 0. The lowest BCUT2D eigenvalue weighted by molar-refractivity contribution is 1.47. The van der Waals surface area contributed by atoms with Gasteiger partial charge in [0.05, 0.1) is 25.1 Å². The molecule has 0 radical (unpaired) electrons. The molecule has 0 N–H and O–H groups in total. The lowest BCUT2D eigenvalue weighted by Gasteiger charge is -2.21. The summed E-state index contributed by atoms with van der Waals surface area (Å²) in [6.07, 6.45) is 0. The zero-order valence-electron chi connectivity index (χ0n) is 70.8. The van der Waals surface area contributed by atoms with Gasteiger partial charge in [-0.3, -0.25) is 0 Å². The summed E-state index contributed by atoms with van der Waals surface area (Å²) in [6, 6.07) is 167. The molecule has 0 saturated carbocycles. The third-order valence-corrected chi connectivity index (χ3v) is 28.1. The maximum atomic E-state index is 6.80. The van der Waals surface area contributed by atoms with Gasteiger partial charge in [-0.05, 0) is 262 Å². The van der Waals surface area contributed by atoms with Crippen LogP contribution in [-0.2, 0) is 0 Å². The molecule has 24 aromatic rings. The second-order valence-corrected chi connectivity index (χ2v) is 35.2. The Morgan fingerprint density at radius 2 is 0.300 bits per heavy atom. The van der Waals surface area contributed by atoms with Crippen LogP contribution in [0.15, 0.2) is 461 Å². The molecule has 0 bridgehead atoms. The highest BCUT2D eigenvalue weighted by Gasteiger charge is 2.27. The van der Waals surface area contributed by atoms with E-state index in [2.05, 4.69) is 462 Å². The third-order valence-electron chi connectivity index (χ3n) is 25.8. The van der Waals surface area contributed by atoms with Gasteiger partial charge in [0, 0.05) is 5.56 Å². The van der Waals surface area contributed by atoms with Crippen molar-refractivity contribution in [3.63, 3.8) is 0 Å². The van der Waals surface area contributed by atoms with Crippen LogP contribution in [0.5, 0.6) is 0 Å². The first-order valence-electron chi connectivity index (χ1n) is 43.9. The van der Waals surface area contributed by atoms with E-state index in [0.29, 0.717) is 5.56 Å². The van der Waals surface area contributed by atoms with E-state index in [4.69, 9.17) is 58.0 Å². The molecule has 0 aliphatic rings. The Labute approximate surface area is 780 Å². The standard InChI is InChI=1S/C52H34.C40H21Cl5.C33H24/c1-4-16-35(17-5-1)36-28-30-39(31-29-36)50-42-23-11-14-26-45(42)52(46-27-15-12-24-43(46)50)40-32-33-47-48(34-40)51(38-20-8-3-9-21-38)44-25-13-10-22-41(44)49(47)37-18-6-2-7-19-37;41-36-35(37(42)39(44)40(45)38(36)43)28-17-18-31-32(21-28)34(27-16-14-23-8-2-4-10-25(23)20-27)30-12-6-5-11-29(30)33(31)26-15-13-22-7-1-3-9-24(22)19-26;1-23-16-18-24(19-17-23)27-20-21-30-31(22-27)33(26-12-6-3-7-13-26)29-15-9-8-14-28(29)32(30)25-10-4-2-5-11-25/h1-34H;1-21H;2-22H,1H3. The predicted molar refractivity (Wildman–Crippen MR) is 564 cm³/mol. The van der Waals surface area contributed by atoms with Crippen molar-refractivity contribution >= 4 is 166 Å². The average molecular weight is 1760 g/mol. The molecule has 0 fully saturated rings. The van der Waals surface area contributed by atoms with Gasteiger partial charge < -0.3 is 0 Å². The van der Waals surface area contributed by atoms with Crippen LogP contribution in [0, 0.1) is 6.92 Å². The van der Waals surface area contributed by atoms with Crippen LogP contribution in [0.4, 0.5) is 0 Å². The van der Waals surface area contributed by atoms with Crippen LogP contribution < -0.4 is 0 Å². The largest absolute Gasteiger partial charge is 0.0819 e. The first kappa shape index (κ1) is 81.1. The Hall–Kier alpha value is -14.7. The van der Waals surface area contributed by atoms with Gasteiger partial charge in [-0.1, -0.05) is 494 Å². The average Bonchev–Trinajstić information content (AvgIpc) is 0.690. The number of rotatable bonds is 11. The second-order valence-electron chi connectivity index (χ2n) is 33.4. The van der Waals surface area contributed by atoms with E-state index in [1.807, 2.05) is 6.07 Å². The quantitative estimate of drug-likeness (QED) is 0.0688. The van der Waals surface area contributed by atoms with Gasteiger partial charge in [-0.15, -0.1) is 0 Å². The first-order valence-corrected chi connectivity index (χ1v) is 45.8. The summed E-state index contributed by atoms with van der Waals surface area (Å²) in [4.78, 5) is 0. The molecule has 0 nitrogen and oxygen atoms in total. The van der Waals surface area contributed by atoms with E-state index in [1.165, 1.54) is 186 Å². The Morgan fingerprint density at radius 1 is 0.115 bits per heavy atom. The molecule has 614 valence electrons. The number of benzene rings is 24. The molecule has 0 saturated heterocycles. The maximum Gasteiger partial charge on any atom is 0.0809 e. The minimum atomic E-state index is 0.138. The van der Waals surface area contributed by atoms with Crippen LogP contribution in [0.3, 0.4) is 0 Å². The molecule has 0 aliphatic heterocycles. The molecule has 0 atom stereocenters. The van der Waals surface area contributed by atoms with Gasteiger partial charge in [0.2, 0.25) is 0 Å². The molecule has 0 heterocycles. The van der Waals surface area contributed by atoms with Gasteiger partial charge in [0.1, 0.15) is 0 Å². The van der Waals surface area contributed by atoms with E-state index in [-0.39, 0.29) is 25.1 Å². The number of hydrogen-bond donors (Lipinski definition) is 0. The topological polar surface area (TPSA) is 0 Å². The lowest BCUT2D eigenvalue weighted by atomic mass is 9.82. The summed E-state index contributed by atoms with van der Waals surface area (Å²) in [7, 11) is 0. The minimum absolute atomic E-state index is 0.138. The molecule has 0 aromatic heterocycles. The summed E-state index contributed by atoms with van der Waals surface area (Å²) >= 11 is 33.0. The Kier molecular flexibility index (Phi) is 21.7. The van der Waals surface area contributed by atoms with Crippen LogP contribution >= 0.6 is 58.0 Å². The van der Waals surface area contributed by atoms with Crippen LogP contribution in [-0.4, -0.2) is 0 Å². The smallest absolute Gasteiger partial charge is 0.0809 e.